The Hall–Kier alpha value is -1.84. The summed E-state index contributed by atoms with van der Waals surface area (Å²) in [6.07, 6.45) is 9.71. The molecule has 0 unspecified atom stereocenters. The first-order valence-electron chi connectivity index (χ1n) is 6.44. The molecule has 1 aromatic heterocycles. The molecule has 1 amide bonds. The lowest BCUT2D eigenvalue weighted by Crippen LogP contribution is -2.26. The van der Waals surface area contributed by atoms with Crippen molar-refractivity contribution in [3.8, 4) is 0 Å². The number of nitrogens with one attached hydrogen (secondary N) is 1. The second-order valence-corrected chi connectivity index (χ2v) is 4.56. The van der Waals surface area contributed by atoms with Crippen LogP contribution in [0.1, 0.15) is 42.6 Å². The minimum Gasteiger partial charge on any atom is -0.397 e. The molecule has 4 heteroatoms. The van der Waals surface area contributed by atoms with Crippen LogP contribution in [0, 0.1) is 0 Å². The van der Waals surface area contributed by atoms with Crippen LogP contribution in [0.5, 0.6) is 0 Å². The molecule has 1 heterocycles. The van der Waals surface area contributed by atoms with Crippen LogP contribution >= 0.6 is 0 Å². The van der Waals surface area contributed by atoms with Gasteiger partial charge in [0.05, 0.1) is 5.69 Å². The van der Waals surface area contributed by atoms with E-state index in [0.29, 0.717) is 17.9 Å². The SMILES string of the molecule is Nc1cccnc1C(=O)NCCC1=CCCCC1. The Bertz CT molecular complexity index is 454. The lowest BCUT2D eigenvalue weighted by atomic mass is 9.97. The molecule has 2 rings (SSSR count). The fourth-order valence-electron chi connectivity index (χ4n) is 2.16. The van der Waals surface area contributed by atoms with Gasteiger partial charge in [-0.25, -0.2) is 4.98 Å². The number of hydrogen-bond donors (Lipinski definition) is 2. The minimum atomic E-state index is -0.190. The zero-order valence-corrected chi connectivity index (χ0v) is 10.5. The number of carbonyl (C=O) groups excluding carboxylic acids is 1. The molecule has 1 aliphatic carbocycles. The molecule has 0 aliphatic heterocycles. The Morgan fingerprint density at radius 2 is 2.33 bits per heavy atom. The fraction of sp³-hybridized carbons (Fsp3) is 0.429. The molecule has 0 aromatic carbocycles. The number of nitrogens with zero attached hydrogens (tertiary/aromatic N) is 1. The van der Waals surface area contributed by atoms with E-state index in [0.717, 1.165) is 6.42 Å². The average Bonchev–Trinajstić information content (AvgIpc) is 2.40. The van der Waals surface area contributed by atoms with Crippen LogP contribution in [0.3, 0.4) is 0 Å². The molecule has 0 radical (unpaired) electrons. The fourth-order valence-corrected chi connectivity index (χ4v) is 2.16. The predicted octanol–water partition coefficient (Wildman–Crippen LogP) is 2.28. The maximum atomic E-state index is 11.8. The van der Waals surface area contributed by atoms with Gasteiger partial charge in [-0.15, -0.1) is 0 Å². The smallest absolute Gasteiger partial charge is 0.272 e. The largest absolute Gasteiger partial charge is 0.397 e. The Labute approximate surface area is 107 Å². The number of rotatable bonds is 4. The number of pyridine rings is 1. The molecule has 3 N–H and O–H groups in total. The standard InChI is InChI=1S/C14H19N3O/c15-12-7-4-9-16-13(12)14(18)17-10-8-11-5-2-1-3-6-11/h4-5,7,9H,1-3,6,8,10,15H2,(H,17,18). The van der Waals surface area contributed by atoms with Crippen molar-refractivity contribution in [2.75, 3.05) is 12.3 Å². The highest BCUT2D eigenvalue weighted by Crippen LogP contribution is 2.19. The first-order chi connectivity index (χ1) is 8.77. The van der Waals surface area contributed by atoms with E-state index in [1.807, 2.05) is 0 Å². The summed E-state index contributed by atoms with van der Waals surface area (Å²) >= 11 is 0. The number of hydrogen-bond acceptors (Lipinski definition) is 3. The van der Waals surface area contributed by atoms with Gasteiger partial charge in [0.15, 0.2) is 5.69 Å². The van der Waals surface area contributed by atoms with Crippen LogP contribution in [0.4, 0.5) is 5.69 Å². The molecular formula is C14H19N3O. The van der Waals surface area contributed by atoms with Crippen molar-refractivity contribution in [3.63, 3.8) is 0 Å². The zero-order valence-electron chi connectivity index (χ0n) is 10.5. The molecule has 18 heavy (non-hydrogen) atoms. The highest BCUT2D eigenvalue weighted by Gasteiger charge is 2.10. The normalized spacial score (nSPS) is 15.0. The molecule has 0 saturated carbocycles. The zero-order chi connectivity index (χ0) is 12.8. The summed E-state index contributed by atoms with van der Waals surface area (Å²) in [5.41, 5.74) is 7.89. The van der Waals surface area contributed by atoms with E-state index in [-0.39, 0.29) is 5.91 Å². The van der Waals surface area contributed by atoms with Crippen molar-refractivity contribution < 1.29 is 4.79 Å². The summed E-state index contributed by atoms with van der Waals surface area (Å²) in [6, 6.07) is 3.41. The van der Waals surface area contributed by atoms with Crippen LogP contribution in [-0.2, 0) is 0 Å². The van der Waals surface area contributed by atoms with Gasteiger partial charge in [-0.3, -0.25) is 4.79 Å². The molecule has 0 bridgehead atoms. The number of amides is 1. The third-order valence-corrected chi connectivity index (χ3v) is 3.17. The van der Waals surface area contributed by atoms with Crippen LogP contribution < -0.4 is 11.1 Å². The molecule has 1 aliphatic rings. The summed E-state index contributed by atoms with van der Waals surface area (Å²) in [5.74, 6) is -0.190. The summed E-state index contributed by atoms with van der Waals surface area (Å²) in [7, 11) is 0. The maximum absolute atomic E-state index is 11.8. The van der Waals surface area contributed by atoms with Crippen LogP contribution in [-0.4, -0.2) is 17.4 Å². The Balaban J connectivity index is 1.82. The van der Waals surface area contributed by atoms with Gasteiger partial charge in [0.25, 0.3) is 5.91 Å². The Morgan fingerprint density at radius 3 is 3.06 bits per heavy atom. The van der Waals surface area contributed by atoms with E-state index in [1.54, 1.807) is 18.3 Å². The van der Waals surface area contributed by atoms with Crippen LogP contribution in [0.25, 0.3) is 0 Å². The second-order valence-electron chi connectivity index (χ2n) is 4.56. The second kappa shape index (κ2) is 6.19. The van der Waals surface area contributed by atoms with Gasteiger partial charge in [0.1, 0.15) is 0 Å². The van der Waals surface area contributed by atoms with Gasteiger partial charge < -0.3 is 11.1 Å². The van der Waals surface area contributed by atoms with Crippen LogP contribution in [0.15, 0.2) is 30.0 Å². The van der Waals surface area contributed by atoms with Crippen molar-refractivity contribution in [1.29, 1.82) is 0 Å². The Morgan fingerprint density at radius 1 is 1.44 bits per heavy atom. The first-order valence-corrected chi connectivity index (χ1v) is 6.44. The molecule has 0 spiro atoms. The van der Waals surface area contributed by atoms with E-state index < -0.39 is 0 Å². The highest BCUT2D eigenvalue weighted by molar-refractivity contribution is 5.96. The quantitative estimate of drug-likeness (QED) is 0.800. The molecule has 96 valence electrons. The monoisotopic (exact) mass is 245 g/mol. The van der Waals surface area contributed by atoms with Crippen LogP contribution in [0.2, 0.25) is 0 Å². The van der Waals surface area contributed by atoms with Gasteiger partial charge in [0, 0.05) is 12.7 Å². The number of anilines is 1. The van der Waals surface area contributed by atoms with Crippen molar-refractivity contribution in [2.45, 2.75) is 32.1 Å². The number of aromatic nitrogens is 1. The van der Waals surface area contributed by atoms with Crippen molar-refractivity contribution in [3.05, 3.63) is 35.7 Å². The maximum Gasteiger partial charge on any atom is 0.272 e. The molecule has 0 saturated heterocycles. The van der Waals surface area contributed by atoms with E-state index >= 15 is 0 Å². The highest BCUT2D eigenvalue weighted by atomic mass is 16.1. The van der Waals surface area contributed by atoms with Crippen molar-refractivity contribution >= 4 is 11.6 Å². The molecule has 4 nitrogen and oxygen atoms in total. The number of nitrogen functional groups attached to an aromatic ring is 1. The summed E-state index contributed by atoms with van der Waals surface area (Å²) in [5, 5.41) is 2.86. The van der Waals surface area contributed by atoms with Gasteiger partial charge in [-0.05, 0) is 44.2 Å². The number of nitrogens with two attached hydrogens (primary N) is 1. The summed E-state index contributed by atoms with van der Waals surface area (Å²) < 4.78 is 0. The van der Waals surface area contributed by atoms with E-state index in [1.165, 1.54) is 31.3 Å². The molecular weight excluding hydrogens is 226 g/mol. The number of carbonyl (C=O) groups is 1. The topological polar surface area (TPSA) is 68.0 Å². The lowest BCUT2D eigenvalue weighted by molar-refractivity contribution is 0.0950. The van der Waals surface area contributed by atoms with Gasteiger partial charge in [0.2, 0.25) is 0 Å². The van der Waals surface area contributed by atoms with Gasteiger partial charge in [-0.1, -0.05) is 11.6 Å². The van der Waals surface area contributed by atoms with Crippen molar-refractivity contribution in [1.82, 2.24) is 10.3 Å². The van der Waals surface area contributed by atoms with Gasteiger partial charge in [-0.2, -0.15) is 0 Å². The average molecular weight is 245 g/mol. The van der Waals surface area contributed by atoms with E-state index in [9.17, 15) is 4.79 Å². The van der Waals surface area contributed by atoms with E-state index in [4.69, 9.17) is 5.73 Å². The minimum absolute atomic E-state index is 0.190. The predicted molar refractivity (Wildman–Crippen MR) is 72.2 cm³/mol. The third-order valence-electron chi connectivity index (χ3n) is 3.17. The van der Waals surface area contributed by atoms with Gasteiger partial charge >= 0.3 is 0 Å². The summed E-state index contributed by atoms with van der Waals surface area (Å²) in [6.45, 7) is 0.653. The summed E-state index contributed by atoms with van der Waals surface area (Å²) in [4.78, 5) is 15.8. The molecule has 1 aromatic rings. The third kappa shape index (κ3) is 3.32. The lowest BCUT2D eigenvalue weighted by Gasteiger charge is -2.13. The van der Waals surface area contributed by atoms with Crippen molar-refractivity contribution in [2.24, 2.45) is 0 Å². The molecule has 0 atom stereocenters. The first kappa shape index (κ1) is 12.6. The number of allylic oxidation sites excluding steroid dienone is 1. The molecule has 0 fully saturated rings. The Kier molecular flexibility index (Phi) is 4.34. The van der Waals surface area contributed by atoms with E-state index in [2.05, 4.69) is 16.4 Å².